The predicted molar refractivity (Wildman–Crippen MR) is 50.9 cm³/mol. The molecule has 72 valence electrons. The lowest BCUT2D eigenvalue weighted by atomic mass is 10.3. The van der Waals surface area contributed by atoms with Crippen LogP contribution in [0.5, 0.6) is 0 Å². The molecule has 0 bridgehead atoms. The first kappa shape index (κ1) is 9.91. The predicted octanol–water partition coefficient (Wildman–Crippen LogP) is 0.580. The minimum absolute atomic E-state index is 0.100. The number of nitrogens with zero attached hydrogens (tertiary/aromatic N) is 2. The summed E-state index contributed by atoms with van der Waals surface area (Å²) >= 11 is 0.933. The minimum atomic E-state index is -0.174. The SMILES string of the molecule is CCCC(=O)Nc1nn(C)c(=O)s1. The van der Waals surface area contributed by atoms with Gasteiger partial charge >= 0.3 is 4.87 Å². The Kier molecular flexibility index (Phi) is 3.18. The van der Waals surface area contributed by atoms with Gasteiger partial charge in [0.05, 0.1) is 0 Å². The van der Waals surface area contributed by atoms with Crippen LogP contribution in [0.4, 0.5) is 5.13 Å². The molecule has 0 saturated heterocycles. The molecule has 0 fully saturated rings. The van der Waals surface area contributed by atoms with E-state index in [1.165, 1.54) is 4.68 Å². The molecule has 1 N–H and O–H groups in total. The molecular formula is C7H11N3O2S. The normalized spacial score (nSPS) is 10.0. The Morgan fingerprint density at radius 3 is 2.85 bits per heavy atom. The third-order valence-corrected chi connectivity index (χ3v) is 2.23. The van der Waals surface area contributed by atoms with Crippen molar-refractivity contribution in [3.63, 3.8) is 0 Å². The second-order valence-corrected chi connectivity index (χ2v) is 3.53. The standard InChI is InChI=1S/C7H11N3O2S/c1-3-4-5(11)8-6-9-10(2)7(12)13-6/h3-4H2,1-2H3,(H,8,9,11). The number of hydrogen-bond donors (Lipinski definition) is 1. The summed E-state index contributed by atoms with van der Waals surface area (Å²) in [5.41, 5.74) is 0. The summed E-state index contributed by atoms with van der Waals surface area (Å²) in [5.74, 6) is -0.100. The van der Waals surface area contributed by atoms with Gasteiger partial charge in [-0.15, -0.1) is 5.10 Å². The van der Waals surface area contributed by atoms with E-state index < -0.39 is 0 Å². The number of carbonyl (C=O) groups excluding carboxylic acids is 1. The molecule has 0 aliphatic carbocycles. The molecule has 0 radical (unpaired) electrons. The molecule has 0 saturated carbocycles. The van der Waals surface area contributed by atoms with E-state index in [0.717, 1.165) is 17.8 Å². The van der Waals surface area contributed by atoms with Crippen LogP contribution in [-0.2, 0) is 11.8 Å². The van der Waals surface area contributed by atoms with Crippen molar-refractivity contribution in [3.8, 4) is 0 Å². The fourth-order valence-corrected chi connectivity index (χ4v) is 1.47. The monoisotopic (exact) mass is 201 g/mol. The van der Waals surface area contributed by atoms with Gasteiger partial charge in [0.2, 0.25) is 11.0 Å². The molecule has 13 heavy (non-hydrogen) atoms. The first-order chi connectivity index (χ1) is 6.13. The van der Waals surface area contributed by atoms with E-state index in [9.17, 15) is 9.59 Å². The van der Waals surface area contributed by atoms with Gasteiger partial charge < -0.3 is 5.32 Å². The van der Waals surface area contributed by atoms with Crippen molar-refractivity contribution in [2.75, 3.05) is 5.32 Å². The summed E-state index contributed by atoms with van der Waals surface area (Å²) in [6, 6.07) is 0. The van der Waals surface area contributed by atoms with Crippen LogP contribution in [0.3, 0.4) is 0 Å². The lowest BCUT2D eigenvalue weighted by molar-refractivity contribution is -0.116. The van der Waals surface area contributed by atoms with Gasteiger partial charge in [-0.1, -0.05) is 6.92 Å². The van der Waals surface area contributed by atoms with E-state index in [2.05, 4.69) is 10.4 Å². The Morgan fingerprint density at radius 1 is 1.69 bits per heavy atom. The number of amides is 1. The van der Waals surface area contributed by atoms with E-state index in [4.69, 9.17) is 0 Å². The molecule has 1 aromatic heterocycles. The molecule has 0 aliphatic rings. The molecule has 0 aromatic carbocycles. The highest BCUT2D eigenvalue weighted by atomic mass is 32.1. The van der Waals surface area contributed by atoms with Crippen LogP contribution in [-0.4, -0.2) is 15.7 Å². The summed E-state index contributed by atoms with van der Waals surface area (Å²) < 4.78 is 1.20. The lowest BCUT2D eigenvalue weighted by Gasteiger charge is -1.96. The van der Waals surface area contributed by atoms with Crippen LogP contribution >= 0.6 is 11.3 Å². The maximum atomic E-state index is 11.1. The van der Waals surface area contributed by atoms with Crippen molar-refractivity contribution in [2.24, 2.45) is 7.05 Å². The Bertz CT molecular complexity index is 355. The summed E-state index contributed by atoms with van der Waals surface area (Å²) in [5, 5.41) is 6.74. The second kappa shape index (κ2) is 4.18. The smallest absolute Gasteiger partial charge is 0.300 e. The number of nitrogens with one attached hydrogen (secondary N) is 1. The first-order valence-electron chi connectivity index (χ1n) is 3.97. The fraction of sp³-hybridized carbons (Fsp3) is 0.571. The number of rotatable bonds is 3. The topological polar surface area (TPSA) is 64.0 Å². The maximum Gasteiger partial charge on any atom is 0.326 e. The van der Waals surface area contributed by atoms with Gasteiger partial charge in [0, 0.05) is 13.5 Å². The highest BCUT2D eigenvalue weighted by Gasteiger charge is 2.05. The molecule has 0 aliphatic heterocycles. The quantitative estimate of drug-likeness (QED) is 0.778. The van der Waals surface area contributed by atoms with Crippen LogP contribution in [0.1, 0.15) is 19.8 Å². The number of aryl methyl sites for hydroxylation is 1. The molecule has 1 amide bonds. The Morgan fingerprint density at radius 2 is 2.38 bits per heavy atom. The van der Waals surface area contributed by atoms with Crippen LogP contribution < -0.4 is 10.2 Å². The maximum absolute atomic E-state index is 11.1. The van der Waals surface area contributed by atoms with Crippen LogP contribution in [0.25, 0.3) is 0 Å². The van der Waals surface area contributed by atoms with Crippen molar-refractivity contribution in [2.45, 2.75) is 19.8 Å². The molecule has 5 nitrogen and oxygen atoms in total. The van der Waals surface area contributed by atoms with E-state index in [0.29, 0.717) is 11.6 Å². The van der Waals surface area contributed by atoms with Gasteiger partial charge in [-0.3, -0.25) is 9.59 Å². The molecule has 1 heterocycles. The molecule has 0 atom stereocenters. The summed E-state index contributed by atoms with van der Waals surface area (Å²) in [6.45, 7) is 1.92. The van der Waals surface area contributed by atoms with Gasteiger partial charge in [0.25, 0.3) is 0 Å². The van der Waals surface area contributed by atoms with Crippen molar-refractivity contribution in [1.82, 2.24) is 9.78 Å². The molecule has 1 rings (SSSR count). The Hall–Kier alpha value is -1.17. The van der Waals surface area contributed by atoms with E-state index in [1.54, 1.807) is 7.05 Å². The van der Waals surface area contributed by atoms with Gasteiger partial charge in [0.15, 0.2) is 0 Å². The molecule has 0 spiro atoms. The van der Waals surface area contributed by atoms with Gasteiger partial charge in [-0.2, -0.15) is 0 Å². The lowest BCUT2D eigenvalue weighted by Crippen LogP contribution is -2.11. The third kappa shape index (κ3) is 2.66. The van der Waals surface area contributed by atoms with Crippen molar-refractivity contribution in [1.29, 1.82) is 0 Å². The zero-order chi connectivity index (χ0) is 9.84. The summed E-state index contributed by atoms with van der Waals surface area (Å²) in [6.07, 6.45) is 1.24. The van der Waals surface area contributed by atoms with E-state index in [1.807, 2.05) is 6.92 Å². The molecular weight excluding hydrogens is 190 g/mol. The molecule has 0 unspecified atom stereocenters. The van der Waals surface area contributed by atoms with Crippen LogP contribution in [0.2, 0.25) is 0 Å². The van der Waals surface area contributed by atoms with Crippen molar-refractivity contribution < 1.29 is 4.79 Å². The molecule has 6 heteroatoms. The van der Waals surface area contributed by atoms with Crippen LogP contribution in [0, 0.1) is 0 Å². The van der Waals surface area contributed by atoms with Crippen molar-refractivity contribution in [3.05, 3.63) is 9.67 Å². The fourth-order valence-electron chi connectivity index (χ4n) is 0.806. The van der Waals surface area contributed by atoms with Gasteiger partial charge in [0.1, 0.15) is 0 Å². The second-order valence-electron chi connectivity index (χ2n) is 2.59. The summed E-state index contributed by atoms with van der Waals surface area (Å²) in [7, 11) is 1.55. The highest BCUT2D eigenvalue weighted by molar-refractivity contribution is 7.13. The number of anilines is 1. The minimum Gasteiger partial charge on any atom is -0.300 e. The Labute approximate surface area is 79.4 Å². The third-order valence-electron chi connectivity index (χ3n) is 1.41. The van der Waals surface area contributed by atoms with Crippen molar-refractivity contribution >= 4 is 22.4 Å². The zero-order valence-electron chi connectivity index (χ0n) is 7.53. The molecule has 1 aromatic rings. The first-order valence-corrected chi connectivity index (χ1v) is 4.79. The van der Waals surface area contributed by atoms with Crippen LogP contribution in [0.15, 0.2) is 4.79 Å². The van der Waals surface area contributed by atoms with Gasteiger partial charge in [-0.25, -0.2) is 4.68 Å². The highest BCUT2D eigenvalue weighted by Crippen LogP contribution is 2.05. The number of hydrogen-bond acceptors (Lipinski definition) is 4. The Balaban J connectivity index is 2.64. The van der Waals surface area contributed by atoms with Gasteiger partial charge in [-0.05, 0) is 17.8 Å². The zero-order valence-corrected chi connectivity index (χ0v) is 8.35. The average Bonchev–Trinajstić information content (AvgIpc) is 2.31. The van der Waals surface area contributed by atoms with E-state index in [-0.39, 0.29) is 10.8 Å². The van der Waals surface area contributed by atoms with E-state index >= 15 is 0 Å². The summed E-state index contributed by atoms with van der Waals surface area (Å²) in [4.78, 5) is 21.8. The average molecular weight is 201 g/mol. The number of carbonyl (C=O) groups is 1. The largest absolute Gasteiger partial charge is 0.326 e. The number of aromatic nitrogens is 2.